The molecule has 0 bridgehead atoms. The molecule has 0 saturated heterocycles. The highest BCUT2D eigenvalue weighted by molar-refractivity contribution is 7.99. The maximum Gasteiger partial charge on any atom is 0.125 e. The Morgan fingerprint density at radius 2 is 1.94 bits per heavy atom. The number of unbranched alkanes of at least 4 members (excludes halogenated alkanes) is 4. The molecule has 0 aliphatic rings. The van der Waals surface area contributed by atoms with Gasteiger partial charge in [-0.3, -0.25) is 0 Å². The number of hydrogen-bond donors (Lipinski definition) is 1. The van der Waals surface area contributed by atoms with E-state index >= 15 is 0 Å². The zero-order chi connectivity index (χ0) is 11.8. The van der Waals surface area contributed by atoms with Crippen molar-refractivity contribution < 1.29 is 4.39 Å². The number of benzene rings is 1. The van der Waals surface area contributed by atoms with Gasteiger partial charge in [0.2, 0.25) is 0 Å². The maximum absolute atomic E-state index is 12.8. The van der Waals surface area contributed by atoms with Crippen LogP contribution in [0.2, 0.25) is 0 Å². The Hall–Kier alpha value is -0.700. The average Bonchev–Trinajstić information content (AvgIpc) is 2.26. The van der Waals surface area contributed by atoms with E-state index in [1.807, 2.05) is 0 Å². The highest BCUT2D eigenvalue weighted by Crippen LogP contribution is 2.26. The van der Waals surface area contributed by atoms with E-state index in [0.29, 0.717) is 5.69 Å². The zero-order valence-electron chi connectivity index (χ0n) is 9.84. The van der Waals surface area contributed by atoms with Gasteiger partial charge in [-0.1, -0.05) is 32.6 Å². The van der Waals surface area contributed by atoms with Crippen LogP contribution in [-0.4, -0.2) is 5.75 Å². The minimum atomic E-state index is -0.259. The molecule has 0 aromatic heterocycles. The van der Waals surface area contributed by atoms with Crippen molar-refractivity contribution in [2.24, 2.45) is 0 Å². The van der Waals surface area contributed by atoms with Gasteiger partial charge in [0.05, 0.1) is 0 Å². The van der Waals surface area contributed by atoms with E-state index in [1.165, 1.54) is 44.2 Å². The smallest absolute Gasteiger partial charge is 0.125 e. The summed E-state index contributed by atoms with van der Waals surface area (Å²) in [6, 6.07) is 4.62. The zero-order valence-corrected chi connectivity index (χ0v) is 10.7. The predicted octanol–water partition coefficient (Wildman–Crippen LogP) is 4.47. The fourth-order valence-electron chi connectivity index (χ4n) is 1.54. The van der Waals surface area contributed by atoms with Crippen LogP contribution in [0, 0.1) is 5.82 Å². The van der Waals surface area contributed by atoms with Crippen molar-refractivity contribution in [3.8, 4) is 0 Å². The lowest BCUT2D eigenvalue weighted by atomic mass is 10.2. The molecule has 2 N–H and O–H groups in total. The second-order valence-electron chi connectivity index (χ2n) is 3.94. The summed E-state index contributed by atoms with van der Waals surface area (Å²) in [4.78, 5) is 0.997. The standard InChI is InChI=1S/C13H20FNS/c1-2-3-4-5-6-9-16-13-8-7-11(14)10-12(13)15/h7-8,10H,2-6,9,15H2,1H3. The summed E-state index contributed by atoms with van der Waals surface area (Å²) >= 11 is 1.72. The molecule has 1 nitrogen and oxygen atoms in total. The highest BCUT2D eigenvalue weighted by atomic mass is 32.2. The monoisotopic (exact) mass is 241 g/mol. The number of anilines is 1. The molecular weight excluding hydrogens is 221 g/mol. The molecule has 90 valence electrons. The minimum Gasteiger partial charge on any atom is -0.398 e. The summed E-state index contributed by atoms with van der Waals surface area (Å²) in [5.74, 6) is 0.810. The van der Waals surface area contributed by atoms with Crippen molar-refractivity contribution >= 4 is 17.4 Å². The summed E-state index contributed by atoms with van der Waals surface area (Å²) in [6.45, 7) is 2.22. The van der Waals surface area contributed by atoms with E-state index in [4.69, 9.17) is 5.73 Å². The van der Waals surface area contributed by atoms with Crippen molar-refractivity contribution in [1.82, 2.24) is 0 Å². The van der Waals surface area contributed by atoms with Crippen LogP contribution in [0.3, 0.4) is 0 Å². The Morgan fingerprint density at radius 3 is 2.62 bits per heavy atom. The fraction of sp³-hybridized carbons (Fsp3) is 0.538. The Bertz CT molecular complexity index is 315. The van der Waals surface area contributed by atoms with Crippen LogP contribution in [-0.2, 0) is 0 Å². The molecule has 0 heterocycles. The van der Waals surface area contributed by atoms with E-state index in [9.17, 15) is 4.39 Å². The molecular formula is C13H20FNS. The molecule has 0 spiro atoms. The van der Waals surface area contributed by atoms with Crippen LogP contribution in [0.4, 0.5) is 10.1 Å². The summed E-state index contributed by atoms with van der Waals surface area (Å²) < 4.78 is 12.8. The summed E-state index contributed by atoms with van der Waals surface area (Å²) in [7, 11) is 0. The molecule has 3 heteroatoms. The molecule has 0 atom stereocenters. The van der Waals surface area contributed by atoms with Gasteiger partial charge in [0.25, 0.3) is 0 Å². The average molecular weight is 241 g/mol. The van der Waals surface area contributed by atoms with Gasteiger partial charge in [-0.15, -0.1) is 11.8 Å². The third-order valence-corrected chi connectivity index (χ3v) is 3.65. The fourth-order valence-corrected chi connectivity index (χ4v) is 2.50. The van der Waals surface area contributed by atoms with Gasteiger partial charge in [0.1, 0.15) is 5.82 Å². The lowest BCUT2D eigenvalue weighted by Gasteiger charge is -2.05. The van der Waals surface area contributed by atoms with E-state index < -0.39 is 0 Å². The predicted molar refractivity (Wildman–Crippen MR) is 70.3 cm³/mol. The highest BCUT2D eigenvalue weighted by Gasteiger charge is 2.01. The number of nitrogen functional groups attached to an aromatic ring is 1. The van der Waals surface area contributed by atoms with Gasteiger partial charge in [0.15, 0.2) is 0 Å². The van der Waals surface area contributed by atoms with Crippen LogP contribution in [0.1, 0.15) is 39.0 Å². The summed E-state index contributed by atoms with van der Waals surface area (Å²) in [6.07, 6.45) is 6.40. The molecule has 0 radical (unpaired) electrons. The Balaban J connectivity index is 2.21. The van der Waals surface area contributed by atoms with Crippen LogP contribution in [0.15, 0.2) is 23.1 Å². The van der Waals surface area contributed by atoms with E-state index in [2.05, 4.69) is 6.92 Å². The first-order chi connectivity index (χ1) is 7.74. The lowest BCUT2D eigenvalue weighted by molar-refractivity contribution is 0.627. The first-order valence-corrected chi connectivity index (χ1v) is 6.90. The van der Waals surface area contributed by atoms with E-state index in [-0.39, 0.29) is 5.82 Å². The second kappa shape index (κ2) is 7.55. The Labute approximate surface area is 102 Å². The van der Waals surface area contributed by atoms with E-state index in [0.717, 1.165) is 10.6 Å². The first kappa shape index (κ1) is 13.4. The summed E-state index contributed by atoms with van der Waals surface area (Å²) in [5, 5.41) is 0. The first-order valence-electron chi connectivity index (χ1n) is 5.92. The van der Waals surface area contributed by atoms with Crippen LogP contribution < -0.4 is 5.73 Å². The van der Waals surface area contributed by atoms with Crippen LogP contribution in [0.25, 0.3) is 0 Å². The maximum atomic E-state index is 12.8. The molecule has 1 aromatic rings. The number of thioether (sulfide) groups is 1. The topological polar surface area (TPSA) is 26.0 Å². The molecule has 0 unspecified atom stereocenters. The number of nitrogens with two attached hydrogens (primary N) is 1. The van der Waals surface area contributed by atoms with Crippen LogP contribution >= 0.6 is 11.8 Å². The molecule has 0 amide bonds. The normalized spacial score (nSPS) is 10.6. The number of rotatable bonds is 7. The van der Waals surface area contributed by atoms with Crippen molar-refractivity contribution in [1.29, 1.82) is 0 Å². The molecule has 0 saturated carbocycles. The molecule has 1 rings (SSSR count). The number of halogens is 1. The molecule has 16 heavy (non-hydrogen) atoms. The van der Waals surface area contributed by atoms with Gasteiger partial charge in [-0.2, -0.15) is 0 Å². The van der Waals surface area contributed by atoms with Crippen molar-refractivity contribution in [2.45, 2.75) is 43.9 Å². The van der Waals surface area contributed by atoms with Gasteiger partial charge >= 0.3 is 0 Å². The van der Waals surface area contributed by atoms with Crippen molar-refractivity contribution in [3.05, 3.63) is 24.0 Å². The van der Waals surface area contributed by atoms with Gasteiger partial charge in [-0.05, 0) is 30.4 Å². The third-order valence-electron chi connectivity index (χ3n) is 2.48. The van der Waals surface area contributed by atoms with Crippen molar-refractivity contribution in [3.63, 3.8) is 0 Å². The Kier molecular flexibility index (Phi) is 6.31. The number of hydrogen-bond acceptors (Lipinski definition) is 2. The van der Waals surface area contributed by atoms with Crippen LogP contribution in [0.5, 0.6) is 0 Å². The van der Waals surface area contributed by atoms with Gasteiger partial charge < -0.3 is 5.73 Å². The SMILES string of the molecule is CCCCCCCSc1ccc(F)cc1N. The lowest BCUT2D eigenvalue weighted by Crippen LogP contribution is -1.90. The molecule has 1 aromatic carbocycles. The molecule has 0 aliphatic carbocycles. The van der Waals surface area contributed by atoms with Gasteiger partial charge in [-0.25, -0.2) is 4.39 Å². The largest absolute Gasteiger partial charge is 0.398 e. The quantitative estimate of drug-likeness (QED) is 0.433. The van der Waals surface area contributed by atoms with Crippen molar-refractivity contribution in [2.75, 3.05) is 11.5 Å². The minimum absolute atomic E-state index is 0.259. The third kappa shape index (κ3) is 4.88. The molecule has 0 fully saturated rings. The second-order valence-corrected chi connectivity index (χ2v) is 5.08. The summed E-state index contributed by atoms with van der Waals surface area (Å²) in [5.41, 5.74) is 6.28. The van der Waals surface area contributed by atoms with Gasteiger partial charge in [0, 0.05) is 10.6 Å². The Morgan fingerprint density at radius 1 is 1.19 bits per heavy atom. The molecule has 0 aliphatic heterocycles. The van der Waals surface area contributed by atoms with E-state index in [1.54, 1.807) is 17.8 Å².